The van der Waals surface area contributed by atoms with Gasteiger partial charge in [-0.05, 0) is 77.2 Å². The van der Waals surface area contributed by atoms with Crippen LogP contribution in [0.4, 0.5) is 5.82 Å². The van der Waals surface area contributed by atoms with E-state index in [1.165, 1.54) is 11.3 Å². The maximum atomic E-state index is 11.6. The van der Waals surface area contributed by atoms with E-state index in [0.29, 0.717) is 11.1 Å². The molecule has 0 fully saturated rings. The van der Waals surface area contributed by atoms with Crippen LogP contribution in [0.25, 0.3) is 0 Å². The quantitative estimate of drug-likeness (QED) is 0.100. The number of primary amides is 1. The van der Waals surface area contributed by atoms with Gasteiger partial charge in [-0.2, -0.15) is 0 Å². The first-order chi connectivity index (χ1) is 21.4. The second kappa shape index (κ2) is 23.0. The number of halogens is 1. The number of benzene rings is 2. The molecule has 0 aliphatic carbocycles. The number of imidazole rings is 1. The molecule has 3 aromatic rings. The highest BCUT2D eigenvalue weighted by atomic mass is 35.5. The van der Waals surface area contributed by atoms with Gasteiger partial charge in [0.05, 0.1) is 6.33 Å². The number of rotatable bonds is 13. The normalized spacial score (nSPS) is 10.3. The number of nitrogens with zero attached hydrogens (tertiary/aromatic N) is 4. The van der Waals surface area contributed by atoms with Gasteiger partial charge in [-0.25, -0.2) is 4.98 Å². The molecule has 1 heterocycles. The lowest BCUT2D eigenvalue weighted by molar-refractivity contribution is 0.0934. The van der Waals surface area contributed by atoms with Crippen LogP contribution in [0.15, 0.2) is 65.2 Å². The third-order valence-corrected chi connectivity index (χ3v) is 5.39. The van der Waals surface area contributed by atoms with E-state index in [1.807, 2.05) is 90.3 Å². The van der Waals surface area contributed by atoms with Gasteiger partial charge in [-0.3, -0.25) is 41.1 Å². The summed E-state index contributed by atoms with van der Waals surface area (Å²) in [5.74, 6) is -0.415. The summed E-state index contributed by atoms with van der Waals surface area (Å²) in [6.45, 7) is 9.27. The number of hydrogen-bond acceptors (Lipinski definition) is 10. The summed E-state index contributed by atoms with van der Waals surface area (Å²) in [5.41, 5.74) is 20.5. The fourth-order valence-corrected chi connectivity index (χ4v) is 3.30. The van der Waals surface area contributed by atoms with Crippen LogP contribution in [-0.4, -0.2) is 73.0 Å². The largest absolute Gasteiger partial charge is 0.364 e. The number of aromatic nitrogens is 2. The smallest absolute Gasteiger partial charge is 0.271 e. The average Bonchev–Trinajstić information content (AvgIpc) is 3.48. The molecule has 0 saturated heterocycles. The van der Waals surface area contributed by atoms with Gasteiger partial charge < -0.3 is 21.4 Å². The summed E-state index contributed by atoms with van der Waals surface area (Å²) in [6, 6.07) is 15.5. The molecule has 46 heavy (non-hydrogen) atoms. The Morgan fingerprint density at radius 1 is 0.804 bits per heavy atom. The Balaban J connectivity index is 0.000000657. The molecule has 0 aliphatic rings. The Morgan fingerprint density at radius 3 is 1.54 bits per heavy atom. The number of nitrogens with one attached hydrogen (secondary N) is 7. The monoisotopic (exact) mass is 660 g/mol. The van der Waals surface area contributed by atoms with E-state index in [9.17, 15) is 14.4 Å². The second-order valence-corrected chi connectivity index (χ2v) is 10.4. The zero-order chi connectivity index (χ0) is 33.8. The Bertz CT molecular complexity index is 1260. The van der Waals surface area contributed by atoms with Crippen LogP contribution >= 0.6 is 12.4 Å². The van der Waals surface area contributed by atoms with E-state index >= 15 is 0 Å². The van der Waals surface area contributed by atoms with E-state index in [1.54, 1.807) is 14.1 Å². The Labute approximate surface area is 277 Å². The molecule has 254 valence electrons. The van der Waals surface area contributed by atoms with Gasteiger partial charge in [0, 0.05) is 50.4 Å². The Hall–Kier alpha value is -4.41. The van der Waals surface area contributed by atoms with E-state index in [-0.39, 0.29) is 47.8 Å². The molecule has 2 aromatic carbocycles. The molecule has 3 amide bonds. The van der Waals surface area contributed by atoms with E-state index in [2.05, 4.69) is 52.6 Å². The molecule has 9 N–H and O–H groups in total. The number of hydrogen-bond donors (Lipinski definition) is 8. The molecule has 0 atom stereocenters. The molecule has 16 heteroatoms. The van der Waals surface area contributed by atoms with Gasteiger partial charge in [0.15, 0.2) is 11.5 Å². The van der Waals surface area contributed by atoms with E-state index in [0.717, 1.165) is 24.2 Å². The molecule has 0 radical (unpaired) electrons. The summed E-state index contributed by atoms with van der Waals surface area (Å²) in [5, 5.41) is 14.6. The maximum Gasteiger partial charge on any atom is 0.271 e. The first-order valence-electron chi connectivity index (χ1n) is 14.4. The Morgan fingerprint density at radius 2 is 1.22 bits per heavy atom. The van der Waals surface area contributed by atoms with Gasteiger partial charge in [-0.1, -0.05) is 29.5 Å². The molecule has 0 aliphatic heterocycles. The highest BCUT2D eigenvalue weighted by Crippen LogP contribution is 2.13. The minimum Gasteiger partial charge on any atom is -0.364 e. The van der Waals surface area contributed by atoms with Crippen LogP contribution in [0.5, 0.6) is 0 Å². The van der Waals surface area contributed by atoms with Gasteiger partial charge in [0.2, 0.25) is 0 Å². The third kappa shape index (κ3) is 17.2. The number of amides is 3. The second-order valence-electron chi connectivity index (χ2n) is 10.4. The van der Waals surface area contributed by atoms with Crippen molar-refractivity contribution in [3.8, 4) is 0 Å². The molecular weight excluding hydrogens is 612 g/mol. The molecule has 15 nitrogen and oxygen atoms in total. The maximum absolute atomic E-state index is 11.6. The van der Waals surface area contributed by atoms with Crippen molar-refractivity contribution in [3.63, 3.8) is 0 Å². The van der Waals surface area contributed by atoms with Crippen LogP contribution < -0.4 is 38.1 Å². The lowest BCUT2D eigenvalue weighted by Crippen LogP contribution is -2.30. The SMILES string of the molecule is CN(C)N=Nc1[nH]cnc1C(N)=O.CNNCc1ccc(C(=O)NC(C)C)cc1.CNNCc1ccc(C(=O)NC(C)C)cc1.Cl. The first kappa shape index (κ1) is 41.6. The number of aromatic amines is 1. The Kier molecular flexibility index (Phi) is 20.8. The summed E-state index contributed by atoms with van der Waals surface area (Å²) in [7, 11) is 7.07. The lowest BCUT2D eigenvalue weighted by Gasteiger charge is -2.09. The molecule has 3 rings (SSSR count). The molecule has 0 spiro atoms. The van der Waals surface area contributed by atoms with Gasteiger partial charge in [0.1, 0.15) is 0 Å². The predicted octanol–water partition coefficient (Wildman–Crippen LogP) is 2.59. The number of carbonyl (C=O) groups excluding carboxylic acids is 3. The van der Waals surface area contributed by atoms with Crippen LogP contribution in [0.3, 0.4) is 0 Å². The molecular formula is C30H49ClN12O3. The molecule has 0 saturated carbocycles. The van der Waals surface area contributed by atoms with Crippen molar-refractivity contribution in [3.05, 3.63) is 82.8 Å². The summed E-state index contributed by atoms with van der Waals surface area (Å²) in [6.07, 6.45) is 1.34. The fourth-order valence-electron chi connectivity index (χ4n) is 3.30. The lowest BCUT2D eigenvalue weighted by atomic mass is 10.1. The van der Waals surface area contributed by atoms with Crippen LogP contribution in [0.1, 0.15) is 70.0 Å². The summed E-state index contributed by atoms with van der Waals surface area (Å²) >= 11 is 0. The number of nitrogens with two attached hydrogens (primary N) is 1. The van der Waals surface area contributed by atoms with Crippen molar-refractivity contribution >= 4 is 35.9 Å². The standard InChI is InChI=1S/2C12H19N3O.C6H10N6O.ClH/c2*1-9(2)15-12(16)11-6-4-10(5-7-11)8-14-13-3;1-12(2)11-10-6-4(5(7)13)8-3-9-6;/h2*4-7,9,13-14H,8H2,1-3H3,(H,15,16);3H,1-2H3,(H2,7,13)(H,8,9);1H. The zero-order valence-corrected chi connectivity index (χ0v) is 28.6. The fraction of sp³-hybridized carbons (Fsp3) is 0.400. The molecule has 0 bridgehead atoms. The number of H-pyrrole nitrogens is 1. The van der Waals surface area contributed by atoms with Crippen molar-refractivity contribution < 1.29 is 14.4 Å². The molecule has 1 aromatic heterocycles. The molecule has 0 unspecified atom stereocenters. The van der Waals surface area contributed by atoms with Gasteiger partial charge in [-0.15, -0.1) is 17.5 Å². The van der Waals surface area contributed by atoms with Gasteiger partial charge in [0.25, 0.3) is 17.7 Å². The van der Waals surface area contributed by atoms with E-state index < -0.39 is 5.91 Å². The predicted molar refractivity (Wildman–Crippen MR) is 182 cm³/mol. The van der Waals surface area contributed by atoms with Crippen molar-refractivity contribution in [2.45, 2.75) is 52.9 Å². The van der Waals surface area contributed by atoms with Crippen molar-refractivity contribution in [1.29, 1.82) is 0 Å². The topological polar surface area (TPSA) is 206 Å². The van der Waals surface area contributed by atoms with Crippen LogP contribution in [0, 0.1) is 0 Å². The highest BCUT2D eigenvalue weighted by Gasteiger charge is 2.10. The highest BCUT2D eigenvalue weighted by molar-refractivity contribution is 5.95. The zero-order valence-electron chi connectivity index (χ0n) is 27.8. The van der Waals surface area contributed by atoms with E-state index in [4.69, 9.17) is 5.73 Å². The van der Waals surface area contributed by atoms with Crippen LogP contribution in [0.2, 0.25) is 0 Å². The van der Waals surface area contributed by atoms with Gasteiger partial charge >= 0.3 is 0 Å². The average molecular weight is 661 g/mol. The minimum absolute atomic E-state index is 0. The number of carbonyl (C=O) groups is 3. The third-order valence-electron chi connectivity index (χ3n) is 5.39. The van der Waals surface area contributed by atoms with Crippen molar-refractivity contribution in [2.75, 3.05) is 28.2 Å². The van der Waals surface area contributed by atoms with Crippen molar-refractivity contribution in [1.82, 2.24) is 47.3 Å². The minimum atomic E-state index is -0.631. The first-order valence-corrected chi connectivity index (χ1v) is 14.4. The summed E-state index contributed by atoms with van der Waals surface area (Å²) in [4.78, 5) is 40.4. The van der Waals surface area contributed by atoms with Crippen molar-refractivity contribution in [2.24, 2.45) is 16.1 Å². The number of hydrazine groups is 2. The van der Waals surface area contributed by atoms with Crippen LogP contribution in [-0.2, 0) is 13.1 Å². The summed E-state index contributed by atoms with van der Waals surface area (Å²) < 4.78 is 0.